The van der Waals surface area contributed by atoms with Gasteiger partial charge in [0, 0.05) is 7.05 Å². The van der Waals surface area contributed by atoms with Gasteiger partial charge in [0.05, 0.1) is 5.69 Å². The SMILES string of the molecule is CCc1cc(C(=O)N[C@@H](CCSC)C(=O)O)n(C)n1. The van der Waals surface area contributed by atoms with Crippen LogP contribution in [-0.4, -0.2) is 44.8 Å². The van der Waals surface area contributed by atoms with Gasteiger partial charge < -0.3 is 10.4 Å². The molecule has 1 aromatic rings. The topological polar surface area (TPSA) is 84.2 Å². The van der Waals surface area contributed by atoms with E-state index < -0.39 is 17.9 Å². The molecule has 0 fully saturated rings. The molecule has 6 nitrogen and oxygen atoms in total. The van der Waals surface area contributed by atoms with Crippen molar-refractivity contribution in [1.82, 2.24) is 15.1 Å². The molecule has 7 heteroatoms. The Hall–Kier alpha value is -1.50. The van der Waals surface area contributed by atoms with Crippen LogP contribution in [0.4, 0.5) is 0 Å². The number of aromatic nitrogens is 2. The third-order valence-electron chi connectivity index (χ3n) is 2.74. The van der Waals surface area contributed by atoms with E-state index in [2.05, 4.69) is 10.4 Å². The van der Waals surface area contributed by atoms with Crippen LogP contribution in [0.25, 0.3) is 0 Å². The van der Waals surface area contributed by atoms with Gasteiger partial charge in [0.1, 0.15) is 11.7 Å². The van der Waals surface area contributed by atoms with Gasteiger partial charge in [-0.15, -0.1) is 0 Å². The molecular formula is C12H19N3O3S. The van der Waals surface area contributed by atoms with Gasteiger partial charge in [0.25, 0.3) is 5.91 Å². The summed E-state index contributed by atoms with van der Waals surface area (Å²) in [6.07, 6.45) is 3.03. The predicted octanol–water partition coefficient (Wildman–Crippen LogP) is 0.919. The maximum atomic E-state index is 12.0. The number of nitrogens with one attached hydrogen (secondary N) is 1. The third-order valence-corrected chi connectivity index (χ3v) is 3.38. The number of carboxylic acid groups (broad SMARTS) is 1. The van der Waals surface area contributed by atoms with Gasteiger partial charge >= 0.3 is 5.97 Å². The minimum Gasteiger partial charge on any atom is -0.480 e. The summed E-state index contributed by atoms with van der Waals surface area (Å²) in [5, 5.41) is 15.8. The number of carbonyl (C=O) groups excluding carboxylic acids is 1. The van der Waals surface area contributed by atoms with Crippen LogP contribution in [-0.2, 0) is 18.3 Å². The number of carbonyl (C=O) groups is 2. The minimum absolute atomic E-state index is 0.382. The largest absolute Gasteiger partial charge is 0.480 e. The Labute approximate surface area is 116 Å². The lowest BCUT2D eigenvalue weighted by atomic mass is 10.2. The molecule has 106 valence electrons. The quantitative estimate of drug-likeness (QED) is 0.778. The zero-order valence-electron chi connectivity index (χ0n) is 11.3. The molecule has 0 aromatic carbocycles. The highest BCUT2D eigenvalue weighted by Crippen LogP contribution is 2.06. The van der Waals surface area contributed by atoms with Crippen molar-refractivity contribution in [3.8, 4) is 0 Å². The molecule has 1 heterocycles. The van der Waals surface area contributed by atoms with Crippen molar-refractivity contribution in [2.24, 2.45) is 7.05 Å². The first-order valence-corrected chi connectivity index (χ1v) is 7.44. The molecule has 2 N–H and O–H groups in total. The van der Waals surface area contributed by atoms with Gasteiger partial charge in [0.15, 0.2) is 0 Å². The molecule has 19 heavy (non-hydrogen) atoms. The lowest BCUT2D eigenvalue weighted by Crippen LogP contribution is -2.41. The van der Waals surface area contributed by atoms with Crippen LogP contribution in [0.2, 0.25) is 0 Å². The molecule has 0 spiro atoms. The zero-order valence-corrected chi connectivity index (χ0v) is 12.2. The fraction of sp³-hybridized carbons (Fsp3) is 0.583. The van der Waals surface area contributed by atoms with E-state index in [4.69, 9.17) is 5.11 Å². The number of amides is 1. The van der Waals surface area contributed by atoms with Crippen LogP contribution in [0.3, 0.4) is 0 Å². The summed E-state index contributed by atoms with van der Waals surface area (Å²) in [6.45, 7) is 1.95. The van der Waals surface area contributed by atoms with Crippen molar-refractivity contribution in [1.29, 1.82) is 0 Å². The summed E-state index contributed by atoms with van der Waals surface area (Å²) < 4.78 is 1.47. The number of hydrogen-bond acceptors (Lipinski definition) is 4. The van der Waals surface area contributed by atoms with Crippen LogP contribution in [0.5, 0.6) is 0 Å². The number of aliphatic carboxylic acids is 1. The summed E-state index contributed by atoms with van der Waals surface area (Å²) >= 11 is 1.55. The average molecular weight is 285 g/mol. The summed E-state index contributed by atoms with van der Waals surface area (Å²) in [4.78, 5) is 23.1. The maximum Gasteiger partial charge on any atom is 0.326 e. The van der Waals surface area contributed by atoms with Crippen molar-refractivity contribution in [3.05, 3.63) is 17.5 Å². The van der Waals surface area contributed by atoms with Crippen LogP contribution in [0, 0.1) is 0 Å². The summed E-state index contributed by atoms with van der Waals surface area (Å²) in [6, 6.07) is 0.822. The maximum absolute atomic E-state index is 12.0. The highest BCUT2D eigenvalue weighted by Gasteiger charge is 2.22. The molecule has 0 saturated heterocycles. The standard InChI is InChI=1S/C12H19N3O3S/c1-4-8-7-10(15(2)14-8)11(16)13-9(12(17)18)5-6-19-3/h7,9H,4-6H2,1-3H3,(H,13,16)(H,17,18)/t9-/m0/s1. The van der Waals surface area contributed by atoms with Crippen molar-refractivity contribution in [2.75, 3.05) is 12.0 Å². The van der Waals surface area contributed by atoms with E-state index in [0.717, 1.165) is 12.1 Å². The summed E-state index contributed by atoms with van der Waals surface area (Å²) in [5.41, 5.74) is 1.19. The molecule has 1 amide bonds. The number of thioether (sulfide) groups is 1. The van der Waals surface area contributed by atoms with E-state index in [0.29, 0.717) is 17.9 Å². The van der Waals surface area contributed by atoms with Crippen molar-refractivity contribution in [3.63, 3.8) is 0 Å². The molecule has 0 radical (unpaired) electrons. The minimum atomic E-state index is -1.01. The Morgan fingerprint density at radius 2 is 2.26 bits per heavy atom. The summed E-state index contributed by atoms with van der Waals surface area (Å²) in [7, 11) is 1.67. The second kappa shape index (κ2) is 7.18. The highest BCUT2D eigenvalue weighted by atomic mass is 32.2. The van der Waals surface area contributed by atoms with Crippen LogP contribution in [0.1, 0.15) is 29.5 Å². The molecule has 1 aromatic heterocycles. The number of nitrogens with zero attached hydrogens (tertiary/aromatic N) is 2. The predicted molar refractivity (Wildman–Crippen MR) is 74.5 cm³/mol. The van der Waals surface area contributed by atoms with E-state index in [1.54, 1.807) is 24.9 Å². The molecular weight excluding hydrogens is 266 g/mol. The lowest BCUT2D eigenvalue weighted by molar-refractivity contribution is -0.139. The Balaban J connectivity index is 2.75. The van der Waals surface area contributed by atoms with Gasteiger partial charge in [0.2, 0.25) is 0 Å². The van der Waals surface area contributed by atoms with Gasteiger partial charge in [-0.2, -0.15) is 16.9 Å². The second-order valence-corrected chi connectivity index (χ2v) is 5.13. The smallest absolute Gasteiger partial charge is 0.326 e. The third kappa shape index (κ3) is 4.27. The molecule has 0 unspecified atom stereocenters. The number of rotatable bonds is 7. The van der Waals surface area contributed by atoms with Gasteiger partial charge in [-0.25, -0.2) is 4.79 Å². The fourth-order valence-electron chi connectivity index (χ4n) is 1.64. The van der Waals surface area contributed by atoms with Gasteiger partial charge in [-0.3, -0.25) is 9.48 Å². The highest BCUT2D eigenvalue weighted by molar-refractivity contribution is 7.98. The van der Waals surface area contributed by atoms with E-state index in [9.17, 15) is 9.59 Å². The molecule has 0 aliphatic rings. The zero-order chi connectivity index (χ0) is 14.4. The monoisotopic (exact) mass is 285 g/mol. The van der Waals surface area contributed by atoms with E-state index in [1.807, 2.05) is 13.2 Å². The molecule has 1 atom stereocenters. The average Bonchev–Trinajstić information content (AvgIpc) is 2.75. The van der Waals surface area contributed by atoms with Crippen molar-refractivity contribution < 1.29 is 14.7 Å². The van der Waals surface area contributed by atoms with Crippen molar-refractivity contribution >= 4 is 23.6 Å². The second-order valence-electron chi connectivity index (χ2n) is 4.14. The lowest BCUT2D eigenvalue weighted by Gasteiger charge is -2.13. The summed E-state index contributed by atoms with van der Waals surface area (Å²) in [5.74, 6) is -0.730. The first kappa shape index (κ1) is 15.6. The first-order valence-electron chi connectivity index (χ1n) is 6.05. The van der Waals surface area contributed by atoms with E-state index in [1.165, 1.54) is 4.68 Å². The molecule has 0 bridgehead atoms. The number of aryl methyl sites for hydroxylation is 2. The van der Waals surface area contributed by atoms with Crippen molar-refractivity contribution in [2.45, 2.75) is 25.8 Å². The molecule has 0 aliphatic carbocycles. The number of hydrogen-bond donors (Lipinski definition) is 2. The molecule has 1 rings (SSSR count). The normalized spacial score (nSPS) is 12.2. The Morgan fingerprint density at radius 3 is 2.74 bits per heavy atom. The van der Waals surface area contributed by atoms with Crippen LogP contribution >= 0.6 is 11.8 Å². The van der Waals surface area contributed by atoms with E-state index in [-0.39, 0.29) is 0 Å². The van der Waals surface area contributed by atoms with Crippen LogP contribution in [0.15, 0.2) is 6.07 Å². The molecule has 0 saturated carbocycles. The van der Waals surface area contributed by atoms with Crippen LogP contribution < -0.4 is 5.32 Å². The Bertz CT molecular complexity index is 459. The number of carboxylic acids is 1. The van der Waals surface area contributed by atoms with Gasteiger partial charge in [-0.1, -0.05) is 6.92 Å². The van der Waals surface area contributed by atoms with Gasteiger partial charge in [-0.05, 0) is 30.9 Å². The Morgan fingerprint density at radius 1 is 1.58 bits per heavy atom. The fourth-order valence-corrected chi connectivity index (χ4v) is 2.11. The first-order chi connectivity index (χ1) is 8.99. The molecule has 0 aliphatic heterocycles. The van der Waals surface area contributed by atoms with E-state index >= 15 is 0 Å². The Kier molecular flexibility index (Phi) is 5.88.